The van der Waals surface area contributed by atoms with Gasteiger partial charge >= 0.3 is 0 Å². The Balaban J connectivity index is 2.91. The van der Waals surface area contributed by atoms with Gasteiger partial charge in [-0.15, -0.1) is 0 Å². The van der Waals surface area contributed by atoms with Crippen molar-refractivity contribution in [3.63, 3.8) is 0 Å². The molecular weight excluding hydrogens is 206 g/mol. The fourth-order valence-corrected chi connectivity index (χ4v) is 1.74. The van der Waals surface area contributed by atoms with E-state index in [9.17, 15) is 10.2 Å². The molecule has 92 valence electrons. The molecule has 0 aliphatic rings. The Labute approximate surface area is 96.1 Å². The van der Waals surface area contributed by atoms with E-state index in [4.69, 9.17) is 0 Å². The van der Waals surface area contributed by atoms with Crippen LogP contribution in [0.25, 0.3) is 0 Å². The number of aromatic nitrogens is 3. The van der Waals surface area contributed by atoms with Crippen molar-refractivity contribution >= 4 is 0 Å². The van der Waals surface area contributed by atoms with E-state index in [2.05, 4.69) is 10.1 Å². The van der Waals surface area contributed by atoms with Crippen molar-refractivity contribution in [1.82, 2.24) is 14.8 Å². The molecule has 0 aromatic carbocycles. The zero-order valence-corrected chi connectivity index (χ0v) is 10.2. The third kappa shape index (κ3) is 2.41. The van der Waals surface area contributed by atoms with Crippen molar-refractivity contribution in [2.24, 2.45) is 11.3 Å². The molecule has 0 aliphatic heterocycles. The number of rotatable bonds is 6. The molecule has 0 spiro atoms. The quantitative estimate of drug-likeness (QED) is 0.741. The predicted octanol–water partition coefficient (Wildman–Crippen LogP) is 0.467. The molecule has 0 radical (unpaired) electrons. The van der Waals surface area contributed by atoms with Crippen LogP contribution in [0.4, 0.5) is 0 Å². The fourth-order valence-electron chi connectivity index (χ4n) is 1.74. The summed E-state index contributed by atoms with van der Waals surface area (Å²) in [6.45, 7) is 6.65. The summed E-state index contributed by atoms with van der Waals surface area (Å²) in [5.74, 6) is 1.00. The lowest BCUT2D eigenvalue weighted by Crippen LogP contribution is -2.38. The minimum Gasteiger partial charge on any atom is -0.396 e. The number of hydrogen-bond donors (Lipinski definition) is 2. The van der Waals surface area contributed by atoms with Crippen LogP contribution in [-0.2, 0) is 13.0 Å². The number of hydrogen-bond acceptors (Lipinski definition) is 4. The smallest absolute Gasteiger partial charge is 0.138 e. The third-order valence-electron chi connectivity index (χ3n) is 3.36. The zero-order chi connectivity index (χ0) is 12.2. The summed E-state index contributed by atoms with van der Waals surface area (Å²) in [5, 5.41) is 23.1. The highest BCUT2D eigenvalue weighted by Gasteiger charge is 2.34. The second kappa shape index (κ2) is 5.41. The first-order valence-electron chi connectivity index (χ1n) is 5.68. The highest BCUT2D eigenvalue weighted by molar-refractivity contribution is 4.95. The lowest BCUT2D eigenvalue weighted by Gasteiger charge is -2.33. The molecule has 0 atom stereocenters. The molecule has 0 saturated carbocycles. The van der Waals surface area contributed by atoms with Crippen molar-refractivity contribution < 1.29 is 10.2 Å². The van der Waals surface area contributed by atoms with Crippen LogP contribution in [0.15, 0.2) is 6.33 Å². The number of nitrogens with zero attached hydrogens (tertiary/aromatic N) is 3. The van der Waals surface area contributed by atoms with Gasteiger partial charge in [-0.25, -0.2) is 4.98 Å². The third-order valence-corrected chi connectivity index (χ3v) is 3.36. The van der Waals surface area contributed by atoms with Crippen LogP contribution in [-0.4, -0.2) is 38.2 Å². The second-order valence-corrected chi connectivity index (χ2v) is 4.50. The molecule has 1 aromatic heterocycles. The molecule has 0 bridgehead atoms. The molecule has 5 nitrogen and oxygen atoms in total. The second-order valence-electron chi connectivity index (χ2n) is 4.50. The summed E-state index contributed by atoms with van der Waals surface area (Å²) in [6.07, 6.45) is 2.06. The Morgan fingerprint density at radius 1 is 1.38 bits per heavy atom. The highest BCUT2D eigenvalue weighted by Crippen LogP contribution is 2.30. The molecule has 16 heavy (non-hydrogen) atoms. The Morgan fingerprint density at radius 2 is 2.00 bits per heavy atom. The van der Waals surface area contributed by atoms with E-state index in [1.54, 1.807) is 4.68 Å². The predicted molar refractivity (Wildman–Crippen MR) is 60.8 cm³/mol. The molecule has 1 heterocycles. The lowest BCUT2D eigenvalue weighted by atomic mass is 9.75. The van der Waals surface area contributed by atoms with Gasteiger partial charge in [-0.2, -0.15) is 5.10 Å². The summed E-state index contributed by atoms with van der Waals surface area (Å²) in [5.41, 5.74) is -0.514. The molecule has 5 heteroatoms. The Morgan fingerprint density at radius 3 is 2.44 bits per heavy atom. The molecule has 0 saturated heterocycles. The van der Waals surface area contributed by atoms with Crippen molar-refractivity contribution in [2.75, 3.05) is 13.2 Å². The normalized spacial score (nSPS) is 12.4. The van der Waals surface area contributed by atoms with Crippen molar-refractivity contribution in [1.29, 1.82) is 0 Å². The summed E-state index contributed by atoms with van der Waals surface area (Å²) in [7, 11) is 0. The zero-order valence-electron chi connectivity index (χ0n) is 10.2. The van der Waals surface area contributed by atoms with Crippen molar-refractivity contribution in [2.45, 2.75) is 33.7 Å². The summed E-state index contributed by atoms with van der Waals surface area (Å²) >= 11 is 0. The molecule has 1 rings (SSSR count). The Hall–Kier alpha value is -0.940. The lowest BCUT2D eigenvalue weighted by molar-refractivity contribution is 0.0139. The molecule has 0 fully saturated rings. The van der Waals surface area contributed by atoms with Crippen LogP contribution in [0.5, 0.6) is 0 Å². The highest BCUT2D eigenvalue weighted by atomic mass is 16.3. The molecule has 2 N–H and O–H groups in total. The standard InChI is InChI=1S/C11H21N3O2/c1-4-14-10(12-8-13-14)5-11(6-15,7-16)9(2)3/h8-9,15-16H,4-7H2,1-3H3. The van der Waals surface area contributed by atoms with E-state index >= 15 is 0 Å². The van der Waals surface area contributed by atoms with E-state index in [1.807, 2.05) is 20.8 Å². The van der Waals surface area contributed by atoms with Gasteiger partial charge in [0.25, 0.3) is 0 Å². The monoisotopic (exact) mass is 227 g/mol. The Bertz CT molecular complexity index is 319. The SMILES string of the molecule is CCn1ncnc1CC(CO)(CO)C(C)C. The topological polar surface area (TPSA) is 71.2 Å². The van der Waals surface area contributed by atoms with E-state index in [-0.39, 0.29) is 19.1 Å². The van der Waals surface area contributed by atoms with Crippen LogP contribution < -0.4 is 0 Å². The molecule has 0 aliphatic carbocycles. The average molecular weight is 227 g/mol. The number of aliphatic hydroxyl groups is 2. The van der Waals surface area contributed by atoms with Crippen LogP contribution >= 0.6 is 0 Å². The van der Waals surface area contributed by atoms with Gasteiger partial charge in [0.05, 0.1) is 13.2 Å². The summed E-state index contributed by atoms with van der Waals surface area (Å²) in [4.78, 5) is 4.18. The summed E-state index contributed by atoms with van der Waals surface area (Å²) in [6, 6.07) is 0. The van der Waals surface area contributed by atoms with Gasteiger partial charge in [0.15, 0.2) is 0 Å². The van der Waals surface area contributed by atoms with Crippen LogP contribution in [0.3, 0.4) is 0 Å². The van der Waals surface area contributed by atoms with Crippen LogP contribution in [0, 0.1) is 11.3 Å². The van der Waals surface area contributed by atoms with Gasteiger partial charge in [-0.3, -0.25) is 4.68 Å². The van der Waals surface area contributed by atoms with Gasteiger partial charge in [0.1, 0.15) is 12.2 Å². The first kappa shape index (κ1) is 13.1. The summed E-state index contributed by atoms with van der Waals surface area (Å²) < 4.78 is 1.79. The maximum absolute atomic E-state index is 9.49. The van der Waals surface area contributed by atoms with Gasteiger partial charge in [0.2, 0.25) is 0 Å². The van der Waals surface area contributed by atoms with Crippen LogP contribution in [0.1, 0.15) is 26.6 Å². The molecule has 0 unspecified atom stereocenters. The van der Waals surface area contributed by atoms with Gasteiger partial charge in [-0.1, -0.05) is 13.8 Å². The maximum atomic E-state index is 9.49. The molecule has 1 aromatic rings. The average Bonchev–Trinajstić information content (AvgIpc) is 2.72. The maximum Gasteiger partial charge on any atom is 0.138 e. The molecule has 0 amide bonds. The van der Waals surface area contributed by atoms with Gasteiger partial charge < -0.3 is 10.2 Å². The van der Waals surface area contributed by atoms with Crippen molar-refractivity contribution in [3.8, 4) is 0 Å². The van der Waals surface area contributed by atoms with Gasteiger partial charge in [-0.05, 0) is 12.8 Å². The fraction of sp³-hybridized carbons (Fsp3) is 0.818. The minimum atomic E-state index is -0.514. The number of aliphatic hydroxyl groups excluding tert-OH is 2. The van der Waals surface area contributed by atoms with E-state index in [0.29, 0.717) is 6.42 Å². The van der Waals surface area contributed by atoms with Crippen molar-refractivity contribution in [3.05, 3.63) is 12.2 Å². The number of aryl methyl sites for hydroxylation is 1. The van der Waals surface area contributed by atoms with E-state index in [1.165, 1.54) is 6.33 Å². The van der Waals surface area contributed by atoms with Gasteiger partial charge in [0, 0.05) is 18.4 Å². The first-order chi connectivity index (χ1) is 7.59. The molecular formula is C11H21N3O2. The Kier molecular flexibility index (Phi) is 4.44. The largest absolute Gasteiger partial charge is 0.396 e. The van der Waals surface area contributed by atoms with Crippen LogP contribution in [0.2, 0.25) is 0 Å². The minimum absolute atomic E-state index is 0.0439. The van der Waals surface area contributed by atoms with E-state index < -0.39 is 5.41 Å². The first-order valence-corrected chi connectivity index (χ1v) is 5.68. The van der Waals surface area contributed by atoms with E-state index in [0.717, 1.165) is 12.4 Å².